The molecule has 0 radical (unpaired) electrons. The van der Waals surface area contributed by atoms with E-state index in [1.165, 1.54) is 0 Å². The highest BCUT2D eigenvalue weighted by Gasteiger charge is 2.19. The summed E-state index contributed by atoms with van der Waals surface area (Å²) in [6.07, 6.45) is 0.823. The van der Waals surface area contributed by atoms with Gasteiger partial charge in [0.1, 0.15) is 5.75 Å². The minimum Gasteiger partial charge on any atom is -0.481 e. The van der Waals surface area contributed by atoms with E-state index in [1.54, 1.807) is 18.7 Å². The van der Waals surface area contributed by atoms with Crippen LogP contribution in [0.15, 0.2) is 24.3 Å². The Labute approximate surface area is 127 Å². The van der Waals surface area contributed by atoms with Crippen LogP contribution in [-0.2, 0) is 11.2 Å². The van der Waals surface area contributed by atoms with E-state index in [2.05, 4.69) is 0 Å². The first kappa shape index (κ1) is 17.5. The smallest absolute Gasteiger partial charge is 0.263 e. The second kappa shape index (κ2) is 8.67. The third-order valence-electron chi connectivity index (χ3n) is 3.51. The molecule has 0 saturated heterocycles. The molecule has 1 N–H and O–H groups in total. The molecule has 1 amide bonds. The van der Waals surface area contributed by atoms with Crippen molar-refractivity contribution in [3.63, 3.8) is 0 Å². The lowest BCUT2D eigenvalue weighted by atomic mass is 10.1. The van der Waals surface area contributed by atoms with Crippen molar-refractivity contribution in [2.75, 3.05) is 13.1 Å². The summed E-state index contributed by atoms with van der Waals surface area (Å²) >= 11 is 0. The van der Waals surface area contributed by atoms with Crippen LogP contribution < -0.4 is 4.74 Å². The number of hydrogen-bond acceptors (Lipinski definition) is 3. The first-order valence-corrected chi connectivity index (χ1v) is 7.70. The third kappa shape index (κ3) is 5.76. The zero-order valence-corrected chi connectivity index (χ0v) is 13.5. The number of aliphatic hydroxyl groups excluding tert-OH is 1. The third-order valence-corrected chi connectivity index (χ3v) is 3.51. The molecule has 118 valence electrons. The molecule has 2 atom stereocenters. The summed E-state index contributed by atoms with van der Waals surface area (Å²) in [7, 11) is 0. The summed E-state index contributed by atoms with van der Waals surface area (Å²) in [4.78, 5) is 13.9. The maximum atomic E-state index is 12.1. The molecule has 0 aliphatic heterocycles. The van der Waals surface area contributed by atoms with Crippen LogP contribution in [0.3, 0.4) is 0 Å². The number of aliphatic hydroxyl groups is 1. The predicted molar refractivity (Wildman–Crippen MR) is 84.5 cm³/mol. The Balaban J connectivity index is 2.56. The molecule has 0 saturated carbocycles. The van der Waals surface area contributed by atoms with Gasteiger partial charge in [-0.05, 0) is 58.2 Å². The van der Waals surface area contributed by atoms with Gasteiger partial charge in [0.25, 0.3) is 5.91 Å². The monoisotopic (exact) mass is 293 g/mol. The van der Waals surface area contributed by atoms with Gasteiger partial charge in [0.05, 0.1) is 6.10 Å². The molecule has 0 aliphatic carbocycles. The standard InChI is InChI=1S/C17H27NO3/c1-5-18(6-2)17(20)14(4)21-16-11-9-15(10-12-16)8-7-13(3)19/h9-14,19H,5-8H2,1-4H3. The summed E-state index contributed by atoms with van der Waals surface area (Å²) in [6, 6.07) is 7.71. The predicted octanol–water partition coefficient (Wildman–Crippen LogP) is 2.64. The number of hydrogen-bond donors (Lipinski definition) is 1. The van der Waals surface area contributed by atoms with Gasteiger partial charge in [-0.15, -0.1) is 0 Å². The number of benzene rings is 1. The quantitative estimate of drug-likeness (QED) is 0.801. The van der Waals surface area contributed by atoms with E-state index < -0.39 is 6.10 Å². The Bertz CT molecular complexity index is 424. The molecule has 0 bridgehead atoms. The molecule has 0 aromatic heterocycles. The Morgan fingerprint density at radius 1 is 1.19 bits per heavy atom. The highest BCUT2D eigenvalue weighted by molar-refractivity contribution is 5.80. The van der Waals surface area contributed by atoms with E-state index >= 15 is 0 Å². The molecule has 21 heavy (non-hydrogen) atoms. The molecule has 1 aromatic carbocycles. The molecule has 0 spiro atoms. The van der Waals surface area contributed by atoms with Crippen molar-refractivity contribution < 1.29 is 14.6 Å². The van der Waals surface area contributed by atoms with Crippen LogP contribution in [-0.4, -0.2) is 41.2 Å². The maximum Gasteiger partial charge on any atom is 0.263 e. The number of aryl methyl sites for hydroxylation is 1. The summed E-state index contributed by atoms with van der Waals surface area (Å²) in [5.74, 6) is 0.710. The Morgan fingerprint density at radius 3 is 2.24 bits per heavy atom. The molecular formula is C17H27NO3. The van der Waals surface area contributed by atoms with Crippen LogP contribution in [0.4, 0.5) is 0 Å². The van der Waals surface area contributed by atoms with Gasteiger partial charge in [-0.3, -0.25) is 4.79 Å². The van der Waals surface area contributed by atoms with Crippen molar-refractivity contribution in [2.45, 2.75) is 52.7 Å². The average Bonchev–Trinajstić information content (AvgIpc) is 2.47. The Kier molecular flexibility index (Phi) is 7.23. The fourth-order valence-corrected chi connectivity index (χ4v) is 2.16. The fraction of sp³-hybridized carbons (Fsp3) is 0.588. The second-order valence-electron chi connectivity index (χ2n) is 5.30. The van der Waals surface area contributed by atoms with Crippen molar-refractivity contribution in [3.05, 3.63) is 29.8 Å². The summed E-state index contributed by atoms with van der Waals surface area (Å²) in [5.41, 5.74) is 1.16. The van der Waals surface area contributed by atoms with Crippen molar-refractivity contribution in [2.24, 2.45) is 0 Å². The first-order valence-electron chi connectivity index (χ1n) is 7.70. The molecular weight excluding hydrogens is 266 g/mol. The van der Waals surface area contributed by atoms with Gasteiger partial charge in [0, 0.05) is 13.1 Å². The number of likely N-dealkylation sites (N-methyl/N-ethyl adjacent to an activating group) is 1. The van der Waals surface area contributed by atoms with E-state index in [-0.39, 0.29) is 12.0 Å². The molecule has 2 unspecified atom stereocenters. The van der Waals surface area contributed by atoms with Crippen molar-refractivity contribution >= 4 is 5.91 Å². The fourth-order valence-electron chi connectivity index (χ4n) is 2.16. The zero-order chi connectivity index (χ0) is 15.8. The van der Waals surface area contributed by atoms with Crippen LogP contribution in [0.1, 0.15) is 39.7 Å². The zero-order valence-electron chi connectivity index (χ0n) is 13.5. The van der Waals surface area contributed by atoms with Gasteiger partial charge in [0.2, 0.25) is 0 Å². The van der Waals surface area contributed by atoms with E-state index in [9.17, 15) is 9.90 Å². The minimum atomic E-state index is -0.479. The van der Waals surface area contributed by atoms with Gasteiger partial charge < -0.3 is 14.7 Å². The highest BCUT2D eigenvalue weighted by atomic mass is 16.5. The minimum absolute atomic E-state index is 0.0122. The molecule has 0 aliphatic rings. The van der Waals surface area contributed by atoms with Crippen LogP contribution in [0.2, 0.25) is 0 Å². The number of rotatable bonds is 8. The van der Waals surface area contributed by atoms with Crippen molar-refractivity contribution in [3.8, 4) is 5.75 Å². The normalized spacial score (nSPS) is 13.6. The summed E-state index contributed by atoms with van der Waals surface area (Å²) < 4.78 is 5.70. The Hall–Kier alpha value is -1.55. The summed E-state index contributed by atoms with van der Waals surface area (Å²) in [6.45, 7) is 8.89. The van der Waals surface area contributed by atoms with Gasteiger partial charge >= 0.3 is 0 Å². The molecule has 1 aromatic rings. The van der Waals surface area contributed by atoms with Gasteiger partial charge in [-0.1, -0.05) is 12.1 Å². The molecule has 4 heteroatoms. The lowest BCUT2D eigenvalue weighted by Gasteiger charge is -2.23. The number of carbonyl (C=O) groups excluding carboxylic acids is 1. The van der Waals surface area contributed by atoms with Gasteiger partial charge in [-0.25, -0.2) is 0 Å². The van der Waals surface area contributed by atoms with Gasteiger partial charge in [-0.2, -0.15) is 0 Å². The van der Waals surface area contributed by atoms with Gasteiger partial charge in [0.15, 0.2) is 6.10 Å². The number of carbonyl (C=O) groups is 1. The first-order chi connectivity index (χ1) is 9.97. The van der Waals surface area contributed by atoms with Crippen molar-refractivity contribution in [1.82, 2.24) is 4.90 Å². The number of nitrogens with zero attached hydrogens (tertiary/aromatic N) is 1. The topological polar surface area (TPSA) is 49.8 Å². The Morgan fingerprint density at radius 2 is 1.76 bits per heavy atom. The molecule has 1 rings (SSSR count). The second-order valence-corrected chi connectivity index (χ2v) is 5.30. The molecule has 4 nitrogen and oxygen atoms in total. The number of ether oxygens (including phenoxy) is 1. The van der Waals surface area contributed by atoms with Crippen LogP contribution in [0, 0.1) is 0 Å². The van der Waals surface area contributed by atoms with Crippen molar-refractivity contribution in [1.29, 1.82) is 0 Å². The van der Waals surface area contributed by atoms with Crippen LogP contribution in [0.25, 0.3) is 0 Å². The average molecular weight is 293 g/mol. The van der Waals surface area contributed by atoms with Crippen LogP contribution >= 0.6 is 0 Å². The lowest BCUT2D eigenvalue weighted by Crippen LogP contribution is -2.40. The lowest BCUT2D eigenvalue weighted by molar-refractivity contribution is -0.137. The van der Waals surface area contributed by atoms with E-state index in [0.29, 0.717) is 18.8 Å². The molecule has 0 fully saturated rings. The van der Waals surface area contributed by atoms with E-state index in [4.69, 9.17) is 4.74 Å². The molecule has 0 heterocycles. The SMILES string of the molecule is CCN(CC)C(=O)C(C)Oc1ccc(CCC(C)O)cc1. The number of amides is 1. The largest absolute Gasteiger partial charge is 0.481 e. The summed E-state index contributed by atoms with van der Waals surface area (Å²) in [5, 5.41) is 9.28. The highest BCUT2D eigenvalue weighted by Crippen LogP contribution is 2.16. The maximum absolute atomic E-state index is 12.1. The van der Waals surface area contributed by atoms with Crippen LogP contribution in [0.5, 0.6) is 5.75 Å². The van der Waals surface area contributed by atoms with E-state index in [0.717, 1.165) is 18.4 Å². The van der Waals surface area contributed by atoms with E-state index in [1.807, 2.05) is 38.1 Å².